The van der Waals surface area contributed by atoms with E-state index in [1.165, 1.54) is 0 Å². The lowest BCUT2D eigenvalue weighted by Crippen LogP contribution is -2.48. The Kier molecular flexibility index (Phi) is 7.24. The Morgan fingerprint density at radius 2 is 2.08 bits per heavy atom. The fraction of sp³-hybridized carbons (Fsp3) is 0.412. The van der Waals surface area contributed by atoms with Gasteiger partial charge in [-0.2, -0.15) is 5.10 Å². The number of carbonyl (C=O) groups excluding carboxylic acids is 1. The van der Waals surface area contributed by atoms with E-state index < -0.39 is 0 Å². The molecule has 3 rings (SSSR count). The number of aromatic nitrogens is 2. The van der Waals surface area contributed by atoms with Gasteiger partial charge in [-0.05, 0) is 12.1 Å². The number of hydrogen-bond donors (Lipinski definition) is 2. The van der Waals surface area contributed by atoms with Crippen LogP contribution in [0.1, 0.15) is 10.5 Å². The van der Waals surface area contributed by atoms with Crippen LogP contribution < -0.4 is 15.4 Å². The van der Waals surface area contributed by atoms with Crippen molar-refractivity contribution in [2.24, 2.45) is 5.92 Å². The van der Waals surface area contributed by atoms with E-state index in [0.717, 1.165) is 18.8 Å². The highest BCUT2D eigenvalue weighted by Gasteiger charge is 2.22. The lowest BCUT2D eigenvalue weighted by molar-refractivity contribution is 0.0929. The Labute approximate surface area is 153 Å². The van der Waals surface area contributed by atoms with Crippen molar-refractivity contribution in [3.8, 4) is 11.4 Å². The predicted molar refractivity (Wildman–Crippen MR) is 96.9 cm³/mol. The van der Waals surface area contributed by atoms with Gasteiger partial charge in [0.25, 0.3) is 5.91 Å². The number of nitrogens with zero attached hydrogens (tertiary/aromatic N) is 2. The van der Waals surface area contributed by atoms with Crippen LogP contribution in [-0.2, 0) is 4.74 Å². The molecule has 0 saturated carbocycles. The second kappa shape index (κ2) is 9.41. The third kappa shape index (κ3) is 4.94. The number of ether oxygens (including phenoxy) is 2. The van der Waals surface area contributed by atoms with Crippen LogP contribution in [0.4, 0.5) is 0 Å². The van der Waals surface area contributed by atoms with Gasteiger partial charge in [0.05, 0.1) is 18.5 Å². The molecule has 0 aliphatic carbocycles. The van der Waals surface area contributed by atoms with E-state index in [1.54, 1.807) is 18.0 Å². The molecular formula is C17H23ClN4O3. The first-order valence-corrected chi connectivity index (χ1v) is 8.03. The summed E-state index contributed by atoms with van der Waals surface area (Å²) in [6, 6.07) is 9.63. The van der Waals surface area contributed by atoms with Gasteiger partial charge in [-0.15, -0.1) is 12.4 Å². The van der Waals surface area contributed by atoms with Crippen molar-refractivity contribution in [3.05, 3.63) is 42.2 Å². The Bertz CT molecular complexity index is 674. The van der Waals surface area contributed by atoms with Crippen molar-refractivity contribution in [2.75, 3.05) is 40.0 Å². The summed E-state index contributed by atoms with van der Waals surface area (Å²) in [7, 11) is 1.61. The van der Waals surface area contributed by atoms with Crippen molar-refractivity contribution in [1.29, 1.82) is 0 Å². The van der Waals surface area contributed by atoms with E-state index in [-0.39, 0.29) is 18.3 Å². The fourth-order valence-electron chi connectivity index (χ4n) is 2.38. The van der Waals surface area contributed by atoms with Crippen LogP contribution in [-0.4, -0.2) is 55.6 Å². The first kappa shape index (κ1) is 19.2. The molecule has 0 radical (unpaired) electrons. The first-order chi connectivity index (χ1) is 11.8. The molecular weight excluding hydrogens is 344 g/mol. The van der Waals surface area contributed by atoms with Gasteiger partial charge in [-0.1, -0.05) is 18.2 Å². The molecule has 2 aromatic rings. The quantitative estimate of drug-likeness (QED) is 0.688. The largest absolute Gasteiger partial charge is 0.487 e. The second-order valence-corrected chi connectivity index (χ2v) is 5.70. The van der Waals surface area contributed by atoms with Crippen LogP contribution in [0.3, 0.4) is 0 Å². The topological polar surface area (TPSA) is 77.4 Å². The number of para-hydroxylation sites is 1. The van der Waals surface area contributed by atoms with Gasteiger partial charge in [-0.25, -0.2) is 4.68 Å². The number of amides is 1. The van der Waals surface area contributed by atoms with Gasteiger partial charge in [-0.3, -0.25) is 4.79 Å². The number of methoxy groups -OCH3 is 1. The zero-order valence-electron chi connectivity index (χ0n) is 14.1. The minimum Gasteiger partial charge on any atom is -0.487 e. The van der Waals surface area contributed by atoms with E-state index in [9.17, 15) is 4.79 Å². The van der Waals surface area contributed by atoms with E-state index in [4.69, 9.17) is 9.47 Å². The minimum absolute atomic E-state index is 0. The summed E-state index contributed by atoms with van der Waals surface area (Å²) in [5.41, 5.74) is 1.17. The molecule has 25 heavy (non-hydrogen) atoms. The molecule has 1 aromatic carbocycles. The van der Waals surface area contributed by atoms with Crippen LogP contribution in [0.15, 0.2) is 36.5 Å². The number of benzene rings is 1. The average Bonchev–Trinajstić information content (AvgIpc) is 2.99. The zero-order valence-corrected chi connectivity index (χ0v) is 14.9. The molecule has 2 heterocycles. The molecule has 1 fully saturated rings. The average molecular weight is 367 g/mol. The van der Waals surface area contributed by atoms with Crippen molar-refractivity contribution in [2.45, 2.75) is 0 Å². The van der Waals surface area contributed by atoms with Crippen molar-refractivity contribution in [3.63, 3.8) is 0 Å². The standard InChI is InChI=1S/C17H22N4O3.ClH/c1-23-7-8-24-15-12-21(14-5-3-2-4-6-14)20-16(15)17(22)19-11-13-9-18-10-13;/h2-6,12-13,18H,7-11H2,1H3,(H,19,22);1H. The third-order valence-electron chi connectivity index (χ3n) is 3.88. The molecule has 1 aromatic heterocycles. The molecule has 1 saturated heterocycles. The molecule has 136 valence electrons. The predicted octanol–water partition coefficient (Wildman–Crippen LogP) is 1.27. The summed E-state index contributed by atoms with van der Waals surface area (Å²) >= 11 is 0. The Morgan fingerprint density at radius 1 is 1.32 bits per heavy atom. The fourth-order valence-corrected chi connectivity index (χ4v) is 2.38. The zero-order chi connectivity index (χ0) is 16.8. The lowest BCUT2D eigenvalue weighted by Gasteiger charge is -2.26. The number of halogens is 1. The van der Waals surface area contributed by atoms with Crippen LogP contribution in [0.2, 0.25) is 0 Å². The molecule has 0 unspecified atom stereocenters. The van der Waals surface area contributed by atoms with Gasteiger partial charge in [0.1, 0.15) is 6.61 Å². The van der Waals surface area contributed by atoms with E-state index in [0.29, 0.717) is 37.1 Å². The highest BCUT2D eigenvalue weighted by atomic mass is 35.5. The molecule has 1 aliphatic rings. The van der Waals surface area contributed by atoms with Crippen molar-refractivity contribution < 1.29 is 14.3 Å². The lowest BCUT2D eigenvalue weighted by atomic mass is 10.0. The molecule has 0 spiro atoms. The van der Waals surface area contributed by atoms with Crippen LogP contribution >= 0.6 is 12.4 Å². The number of hydrogen-bond acceptors (Lipinski definition) is 5. The SMILES string of the molecule is COCCOc1cn(-c2ccccc2)nc1C(=O)NCC1CNC1.Cl. The smallest absolute Gasteiger partial charge is 0.275 e. The van der Waals surface area contributed by atoms with Crippen LogP contribution in [0.5, 0.6) is 5.75 Å². The summed E-state index contributed by atoms with van der Waals surface area (Å²) in [5.74, 6) is 0.729. The molecule has 1 aliphatic heterocycles. The molecule has 0 atom stereocenters. The van der Waals surface area contributed by atoms with Gasteiger partial charge in [0.2, 0.25) is 0 Å². The molecule has 7 nitrogen and oxygen atoms in total. The summed E-state index contributed by atoms with van der Waals surface area (Å²) in [5, 5.41) is 10.5. The molecule has 2 N–H and O–H groups in total. The van der Waals surface area contributed by atoms with Crippen molar-refractivity contribution >= 4 is 18.3 Å². The molecule has 1 amide bonds. The maximum absolute atomic E-state index is 12.5. The van der Waals surface area contributed by atoms with E-state index in [1.807, 2.05) is 30.3 Å². The van der Waals surface area contributed by atoms with Crippen molar-refractivity contribution in [1.82, 2.24) is 20.4 Å². The maximum Gasteiger partial charge on any atom is 0.275 e. The second-order valence-electron chi connectivity index (χ2n) is 5.70. The third-order valence-corrected chi connectivity index (χ3v) is 3.88. The normalized spacial score (nSPS) is 13.6. The number of carbonyl (C=O) groups is 1. The summed E-state index contributed by atoms with van der Waals surface area (Å²) in [4.78, 5) is 12.5. The Morgan fingerprint density at radius 3 is 2.72 bits per heavy atom. The van der Waals surface area contributed by atoms with Crippen LogP contribution in [0.25, 0.3) is 5.69 Å². The van der Waals surface area contributed by atoms with Gasteiger partial charge >= 0.3 is 0 Å². The van der Waals surface area contributed by atoms with E-state index in [2.05, 4.69) is 15.7 Å². The highest BCUT2D eigenvalue weighted by molar-refractivity contribution is 5.95. The minimum atomic E-state index is -0.219. The monoisotopic (exact) mass is 366 g/mol. The van der Waals surface area contributed by atoms with Gasteiger partial charge in [0, 0.05) is 32.7 Å². The van der Waals surface area contributed by atoms with Gasteiger partial charge < -0.3 is 20.1 Å². The maximum atomic E-state index is 12.5. The molecule has 0 bridgehead atoms. The van der Waals surface area contributed by atoms with Gasteiger partial charge in [0.15, 0.2) is 11.4 Å². The van der Waals surface area contributed by atoms with E-state index >= 15 is 0 Å². The number of rotatable bonds is 8. The molecule has 8 heteroatoms. The summed E-state index contributed by atoms with van der Waals surface area (Å²) < 4.78 is 12.3. The first-order valence-electron chi connectivity index (χ1n) is 8.03. The Hall–Kier alpha value is -2.09. The Balaban J connectivity index is 0.00000225. The summed E-state index contributed by atoms with van der Waals surface area (Å²) in [6.07, 6.45) is 1.73. The highest BCUT2D eigenvalue weighted by Crippen LogP contribution is 2.20. The van der Waals surface area contributed by atoms with Crippen LogP contribution in [0, 0.1) is 5.92 Å². The summed E-state index contributed by atoms with van der Waals surface area (Å²) in [6.45, 7) is 3.34. The number of nitrogens with one attached hydrogen (secondary N) is 2.